The van der Waals surface area contributed by atoms with E-state index in [2.05, 4.69) is 0 Å². The van der Waals surface area contributed by atoms with Crippen LogP contribution in [0.15, 0.2) is 0 Å². The fraction of sp³-hybridized carbons (Fsp3) is 1.00. The summed E-state index contributed by atoms with van der Waals surface area (Å²) in [6, 6.07) is 0. The van der Waals surface area contributed by atoms with E-state index in [1.165, 1.54) is 6.92 Å². The molecular weight excluding hydrogens is 153 g/mol. The van der Waals surface area contributed by atoms with E-state index in [-0.39, 0.29) is 6.42 Å². The lowest BCUT2D eigenvalue weighted by Gasteiger charge is -2.18. The van der Waals surface area contributed by atoms with Crippen molar-refractivity contribution in [3.63, 3.8) is 0 Å². The first-order valence-electron chi connectivity index (χ1n) is 4.06. The predicted molar refractivity (Wildman–Crippen MR) is 39.7 cm³/mol. The van der Waals surface area contributed by atoms with E-state index in [9.17, 15) is 13.2 Å². The summed E-state index contributed by atoms with van der Waals surface area (Å²) in [7, 11) is 0. The van der Waals surface area contributed by atoms with E-state index in [1.807, 2.05) is 6.92 Å². The largest absolute Gasteiger partial charge is 0.278 e. The van der Waals surface area contributed by atoms with Crippen LogP contribution in [0.4, 0.5) is 13.2 Å². The molecule has 0 radical (unpaired) electrons. The average Bonchev–Trinajstić information content (AvgIpc) is 2.00. The van der Waals surface area contributed by atoms with Gasteiger partial charge in [0, 0.05) is 6.42 Å². The molecular formula is C8H15F3. The highest BCUT2D eigenvalue weighted by Crippen LogP contribution is 2.28. The second kappa shape index (κ2) is 4.62. The van der Waals surface area contributed by atoms with Crippen LogP contribution in [0.2, 0.25) is 0 Å². The number of hydrogen-bond acceptors (Lipinski definition) is 0. The molecule has 0 heterocycles. The maximum absolute atomic E-state index is 12.6. The lowest BCUT2D eigenvalue weighted by molar-refractivity contribution is -0.0778. The Balaban J connectivity index is 3.71. The van der Waals surface area contributed by atoms with Crippen molar-refractivity contribution in [2.75, 3.05) is 0 Å². The molecule has 1 unspecified atom stereocenters. The Labute approximate surface area is 65.8 Å². The molecule has 3 heteroatoms. The molecule has 0 rings (SSSR count). The van der Waals surface area contributed by atoms with Crippen molar-refractivity contribution >= 4 is 0 Å². The van der Waals surface area contributed by atoms with Gasteiger partial charge in [-0.15, -0.1) is 0 Å². The zero-order chi connectivity index (χ0) is 8.91. The van der Waals surface area contributed by atoms with Gasteiger partial charge in [0.25, 0.3) is 5.92 Å². The van der Waals surface area contributed by atoms with Crippen LogP contribution >= 0.6 is 0 Å². The lowest BCUT2D eigenvalue weighted by atomic mass is 10.1. The summed E-state index contributed by atoms with van der Waals surface area (Å²) in [5.74, 6) is -3.12. The lowest BCUT2D eigenvalue weighted by Crippen LogP contribution is -2.28. The molecule has 0 aromatic rings. The minimum atomic E-state index is -3.12. The minimum Gasteiger partial charge on any atom is -0.241 e. The smallest absolute Gasteiger partial charge is 0.241 e. The van der Waals surface area contributed by atoms with Crippen LogP contribution in [-0.2, 0) is 0 Å². The van der Waals surface area contributed by atoms with Gasteiger partial charge < -0.3 is 0 Å². The number of halogens is 3. The van der Waals surface area contributed by atoms with E-state index in [1.54, 1.807) is 0 Å². The van der Waals surface area contributed by atoms with Crippen molar-refractivity contribution in [3.05, 3.63) is 0 Å². The van der Waals surface area contributed by atoms with Crippen LogP contribution in [0.1, 0.15) is 39.5 Å². The van der Waals surface area contributed by atoms with Crippen molar-refractivity contribution in [3.8, 4) is 0 Å². The zero-order valence-corrected chi connectivity index (χ0v) is 7.04. The molecule has 0 amide bonds. The van der Waals surface area contributed by atoms with Crippen LogP contribution in [-0.4, -0.2) is 12.1 Å². The third kappa shape index (κ3) is 3.63. The second-order valence-electron chi connectivity index (χ2n) is 2.72. The quantitative estimate of drug-likeness (QED) is 0.588. The molecule has 68 valence electrons. The van der Waals surface area contributed by atoms with Gasteiger partial charge in [-0.05, 0) is 6.42 Å². The average molecular weight is 168 g/mol. The first-order chi connectivity index (χ1) is 5.04. The first-order valence-corrected chi connectivity index (χ1v) is 4.06. The van der Waals surface area contributed by atoms with Gasteiger partial charge in [-0.1, -0.05) is 26.7 Å². The van der Waals surface area contributed by atoms with Gasteiger partial charge in [-0.25, -0.2) is 13.2 Å². The van der Waals surface area contributed by atoms with Gasteiger partial charge in [0.1, 0.15) is 0 Å². The first kappa shape index (κ1) is 10.8. The van der Waals surface area contributed by atoms with Gasteiger partial charge in [-0.2, -0.15) is 0 Å². The van der Waals surface area contributed by atoms with Crippen LogP contribution in [0.5, 0.6) is 0 Å². The summed E-state index contributed by atoms with van der Waals surface area (Å²) in [6.07, 6.45) is -1.07. The van der Waals surface area contributed by atoms with Crippen molar-refractivity contribution in [2.24, 2.45) is 0 Å². The summed E-state index contributed by atoms with van der Waals surface area (Å²) in [5, 5.41) is 0. The summed E-state index contributed by atoms with van der Waals surface area (Å²) in [5.41, 5.74) is 0. The Hall–Kier alpha value is -0.210. The molecule has 0 aliphatic heterocycles. The van der Waals surface area contributed by atoms with Crippen molar-refractivity contribution in [2.45, 2.75) is 51.6 Å². The minimum absolute atomic E-state index is 0.0165. The Morgan fingerprint density at radius 2 is 1.82 bits per heavy atom. The van der Waals surface area contributed by atoms with Crippen LogP contribution in [0, 0.1) is 0 Å². The molecule has 0 aromatic carbocycles. The molecule has 0 fully saturated rings. The normalized spacial score (nSPS) is 15.0. The summed E-state index contributed by atoms with van der Waals surface area (Å²) in [6.45, 7) is 3.16. The molecule has 0 spiro atoms. The van der Waals surface area contributed by atoms with E-state index in [0.717, 1.165) is 6.42 Å². The van der Waals surface area contributed by atoms with Crippen molar-refractivity contribution in [1.29, 1.82) is 0 Å². The van der Waals surface area contributed by atoms with Gasteiger partial charge in [0.05, 0.1) is 0 Å². The number of alkyl halides is 3. The highest BCUT2D eigenvalue weighted by Gasteiger charge is 2.36. The van der Waals surface area contributed by atoms with Crippen molar-refractivity contribution in [1.82, 2.24) is 0 Å². The van der Waals surface area contributed by atoms with E-state index in [0.29, 0.717) is 6.42 Å². The Morgan fingerprint density at radius 3 is 2.18 bits per heavy atom. The molecule has 0 aliphatic carbocycles. The van der Waals surface area contributed by atoms with Crippen LogP contribution < -0.4 is 0 Å². The Morgan fingerprint density at radius 1 is 1.27 bits per heavy atom. The van der Waals surface area contributed by atoms with E-state index >= 15 is 0 Å². The number of hydrogen-bond donors (Lipinski definition) is 0. The third-order valence-corrected chi connectivity index (χ3v) is 1.74. The van der Waals surface area contributed by atoms with E-state index < -0.39 is 18.5 Å². The maximum Gasteiger partial charge on any atom is 0.278 e. The molecule has 11 heavy (non-hydrogen) atoms. The Bertz CT molecular complexity index is 102. The van der Waals surface area contributed by atoms with Gasteiger partial charge in [0.2, 0.25) is 0 Å². The predicted octanol–water partition coefficient (Wildman–Crippen LogP) is 3.56. The third-order valence-electron chi connectivity index (χ3n) is 1.74. The van der Waals surface area contributed by atoms with Crippen LogP contribution in [0.3, 0.4) is 0 Å². The summed E-state index contributed by atoms with van der Waals surface area (Å²) < 4.78 is 37.6. The molecule has 0 saturated heterocycles. The van der Waals surface area contributed by atoms with Gasteiger partial charge in [0.15, 0.2) is 6.17 Å². The standard InChI is InChI=1S/C8H15F3/c1-3-5-6-7(9)8(10,11)4-2/h7H,3-6H2,1-2H3. The second-order valence-corrected chi connectivity index (χ2v) is 2.72. The summed E-state index contributed by atoms with van der Waals surface area (Å²) >= 11 is 0. The van der Waals surface area contributed by atoms with Crippen LogP contribution in [0.25, 0.3) is 0 Å². The SMILES string of the molecule is CCCCC(F)C(F)(F)CC. The monoisotopic (exact) mass is 168 g/mol. The molecule has 0 bridgehead atoms. The molecule has 0 saturated carbocycles. The van der Waals surface area contributed by atoms with Crippen molar-refractivity contribution < 1.29 is 13.2 Å². The molecule has 0 nitrogen and oxygen atoms in total. The number of rotatable bonds is 5. The fourth-order valence-corrected chi connectivity index (χ4v) is 0.816. The topological polar surface area (TPSA) is 0 Å². The van der Waals surface area contributed by atoms with E-state index in [4.69, 9.17) is 0 Å². The highest BCUT2D eigenvalue weighted by atomic mass is 19.3. The molecule has 0 N–H and O–H groups in total. The zero-order valence-electron chi connectivity index (χ0n) is 7.04. The molecule has 0 aliphatic rings. The summed E-state index contributed by atoms with van der Waals surface area (Å²) in [4.78, 5) is 0. The van der Waals surface area contributed by atoms with Gasteiger partial charge in [-0.3, -0.25) is 0 Å². The molecule has 1 atom stereocenters. The highest BCUT2D eigenvalue weighted by molar-refractivity contribution is 4.74. The Kier molecular flexibility index (Phi) is 4.54. The maximum atomic E-state index is 12.6. The number of unbranched alkanes of at least 4 members (excludes halogenated alkanes) is 1. The molecule has 0 aromatic heterocycles. The fourth-order valence-electron chi connectivity index (χ4n) is 0.816. The van der Waals surface area contributed by atoms with Gasteiger partial charge >= 0.3 is 0 Å².